The van der Waals surface area contributed by atoms with Crippen LogP contribution in [0.1, 0.15) is 15.9 Å². The lowest BCUT2D eigenvalue weighted by Crippen LogP contribution is -2.07. The van der Waals surface area contributed by atoms with Gasteiger partial charge in [-0.3, -0.25) is 14.9 Å². The first-order chi connectivity index (χ1) is 7.51. The zero-order valence-electron chi connectivity index (χ0n) is 7.94. The van der Waals surface area contributed by atoms with E-state index in [1.807, 2.05) is 0 Å². The Morgan fingerprint density at radius 2 is 2.25 bits per heavy atom. The summed E-state index contributed by atoms with van der Waals surface area (Å²) < 4.78 is 0. The summed E-state index contributed by atoms with van der Waals surface area (Å²) in [6.07, 6.45) is 0. The molecule has 0 fully saturated rings. The van der Waals surface area contributed by atoms with Crippen LogP contribution in [0.2, 0.25) is 0 Å². The van der Waals surface area contributed by atoms with E-state index in [1.54, 1.807) is 6.07 Å². The van der Waals surface area contributed by atoms with Crippen molar-refractivity contribution >= 4 is 28.8 Å². The number of nitrogen functional groups attached to an aromatic ring is 1. The number of ketones is 1. The number of nitrogens with two attached hydrogens (primary N) is 1. The van der Waals surface area contributed by atoms with E-state index in [4.69, 9.17) is 22.6 Å². The van der Waals surface area contributed by atoms with Crippen LogP contribution in [-0.4, -0.2) is 16.6 Å². The summed E-state index contributed by atoms with van der Waals surface area (Å²) in [6, 6.07) is 3.70. The molecule has 1 aromatic carbocycles. The van der Waals surface area contributed by atoms with Crippen LogP contribution in [0.25, 0.3) is 0 Å². The molecular formula is C9H6ClN3O3. The molecule has 0 aliphatic carbocycles. The number of rotatable bonds is 3. The van der Waals surface area contributed by atoms with Gasteiger partial charge in [0.15, 0.2) is 5.78 Å². The van der Waals surface area contributed by atoms with Crippen LogP contribution in [0.5, 0.6) is 0 Å². The molecule has 0 heterocycles. The van der Waals surface area contributed by atoms with Crippen LogP contribution in [-0.2, 0) is 0 Å². The summed E-state index contributed by atoms with van der Waals surface area (Å²) in [6.45, 7) is 0. The normalized spacial score (nSPS) is 9.50. The quantitative estimate of drug-likeness (QED) is 0.282. The molecule has 0 unspecified atom stereocenters. The van der Waals surface area contributed by atoms with Crippen molar-refractivity contribution in [1.82, 2.24) is 0 Å². The number of nitriles is 1. The lowest BCUT2D eigenvalue weighted by atomic mass is 10.0. The molecule has 0 amide bonds. The Labute approximate surface area is 95.4 Å². The standard InChI is InChI=1S/C9H6ClN3O3/c10-3-9(14)6-2-8(13(15)16)5(4-11)1-7(6)12/h1-2H,3,12H2. The highest BCUT2D eigenvalue weighted by Crippen LogP contribution is 2.25. The van der Waals surface area contributed by atoms with Crippen LogP contribution in [0.15, 0.2) is 12.1 Å². The minimum absolute atomic E-state index is 0.00722. The van der Waals surface area contributed by atoms with E-state index in [2.05, 4.69) is 0 Å². The number of anilines is 1. The number of carbonyl (C=O) groups is 1. The lowest BCUT2D eigenvalue weighted by Gasteiger charge is -2.03. The van der Waals surface area contributed by atoms with Gasteiger partial charge < -0.3 is 5.73 Å². The van der Waals surface area contributed by atoms with Gasteiger partial charge in [0.2, 0.25) is 0 Å². The summed E-state index contributed by atoms with van der Waals surface area (Å²) in [5.41, 5.74) is 4.82. The Morgan fingerprint density at radius 3 is 2.69 bits per heavy atom. The maximum atomic E-state index is 11.3. The van der Waals surface area contributed by atoms with Crippen molar-refractivity contribution in [3.05, 3.63) is 33.4 Å². The molecule has 7 heteroatoms. The Bertz CT molecular complexity index is 507. The number of Topliss-reactive ketones (excluding diaryl/α,β-unsaturated/α-hetero) is 1. The molecule has 6 nitrogen and oxygen atoms in total. The first-order valence-electron chi connectivity index (χ1n) is 4.08. The van der Waals surface area contributed by atoms with Crippen LogP contribution in [0.3, 0.4) is 0 Å². The van der Waals surface area contributed by atoms with E-state index in [9.17, 15) is 14.9 Å². The number of alkyl halides is 1. The number of hydrogen-bond acceptors (Lipinski definition) is 5. The second-order valence-electron chi connectivity index (χ2n) is 2.88. The molecule has 0 saturated heterocycles. The predicted molar refractivity (Wildman–Crippen MR) is 57.3 cm³/mol. The molecule has 16 heavy (non-hydrogen) atoms. The molecule has 1 aromatic rings. The summed E-state index contributed by atoms with van der Waals surface area (Å²) >= 11 is 5.32. The molecule has 1 rings (SSSR count). The molecule has 0 atom stereocenters. The van der Waals surface area contributed by atoms with Gasteiger partial charge in [-0.05, 0) is 6.07 Å². The maximum absolute atomic E-state index is 11.3. The second-order valence-corrected chi connectivity index (χ2v) is 3.15. The fraction of sp³-hybridized carbons (Fsp3) is 0.111. The number of benzene rings is 1. The van der Waals surface area contributed by atoms with E-state index < -0.39 is 16.4 Å². The summed E-state index contributed by atoms with van der Waals surface area (Å²) in [4.78, 5) is 21.2. The number of nitro benzene ring substituents is 1. The lowest BCUT2D eigenvalue weighted by molar-refractivity contribution is -0.385. The van der Waals surface area contributed by atoms with Crippen LogP contribution < -0.4 is 5.73 Å². The Kier molecular flexibility index (Phi) is 3.43. The first-order valence-corrected chi connectivity index (χ1v) is 4.62. The summed E-state index contributed by atoms with van der Waals surface area (Å²) in [7, 11) is 0. The van der Waals surface area contributed by atoms with Gasteiger partial charge in [-0.1, -0.05) is 0 Å². The average Bonchev–Trinajstić information content (AvgIpc) is 2.27. The molecule has 0 spiro atoms. The predicted octanol–water partition coefficient (Wildman–Crippen LogP) is 1.47. The molecule has 0 aliphatic heterocycles. The zero-order valence-corrected chi connectivity index (χ0v) is 8.69. The van der Waals surface area contributed by atoms with E-state index >= 15 is 0 Å². The van der Waals surface area contributed by atoms with Crippen molar-refractivity contribution in [3.63, 3.8) is 0 Å². The van der Waals surface area contributed by atoms with Gasteiger partial charge in [-0.25, -0.2) is 0 Å². The second kappa shape index (κ2) is 4.59. The number of hydrogen-bond donors (Lipinski definition) is 1. The highest BCUT2D eigenvalue weighted by Gasteiger charge is 2.19. The van der Waals surface area contributed by atoms with E-state index in [1.165, 1.54) is 0 Å². The van der Waals surface area contributed by atoms with Crippen LogP contribution >= 0.6 is 11.6 Å². The summed E-state index contributed by atoms with van der Waals surface area (Å²) in [5.74, 6) is -0.848. The Morgan fingerprint density at radius 1 is 1.62 bits per heavy atom. The van der Waals surface area contributed by atoms with Gasteiger partial charge >= 0.3 is 0 Å². The first kappa shape index (κ1) is 11.9. The van der Waals surface area contributed by atoms with Crippen molar-refractivity contribution in [2.24, 2.45) is 0 Å². The molecule has 0 saturated carbocycles. The van der Waals surface area contributed by atoms with Gasteiger partial charge in [0, 0.05) is 17.3 Å². The van der Waals surface area contributed by atoms with Crippen molar-refractivity contribution in [3.8, 4) is 6.07 Å². The van der Waals surface area contributed by atoms with Crippen molar-refractivity contribution in [2.45, 2.75) is 0 Å². The number of halogens is 1. The molecule has 0 aliphatic rings. The Hall–Kier alpha value is -2.13. The van der Waals surface area contributed by atoms with Crippen molar-refractivity contribution in [1.29, 1.82) is 5.26 Å². The smallest absolute Gasteiger partial charge is 0.287 e. The molecule has 2 N–H and O–H groups in total. The minimum atomic E-state index is -0.747. The SMILES string of the molecule is N#Cc1cc(N)c(C(=O)CCl)cc1[N+](=O)[O-]. The zero-order chi connectivity index (χ0) is 12.3. The highest BCUT2D eigenvalue weighted by molar-refractivity contribution is 6.31. The van der Waals surface area contributed by atoms with E-state index in [0.717, 1.165) is 12.1 Å². The average molecular weight is 240 g/mol. The van der Waals surface area contributed by atoms with Gasteiger partial charge in [-0.2, -0.15) is 5.26 Å². The summed E-state index contributed by atoms with van der Waals surface area (Å²) in [5, 5.41) is 19.3. The molecule has 0 aromatic heterocycles. The number of nitro groups is 1. The monoisotopic (exact) mass is 239 g/mol. The fourth-order valence-corrected chi connectivity index (χ4v) is 1.30. The number of nitrogens with zero attached hydrogens (tertiary/aromatic N) is 2. The Balaban J connectivity index is 3.46. The minimum Gasteiger partial charge on any atom is -0.398 e. The molecule has 0 bridgehead atoms. The third-order valence-corrected chi connectivity index (χ3v) is 2.15. The van der Waals surface area contributed by atoms with Gasteiger partial charge in [0.05, 0.1) is 10.8 Å². The van der Waals surface area contributed by atoms with Gasteiger partial charge in [-0.15, -0.1) is 11.6 Å². The fourth-order valence-electron chi connectivity index (χ4n) is 1.16. The maximum Gasteiger partial charge on any atom is 0.287 e. The van der Waals surface area contributed by atoms with Crippen molar-refractivity contribution in [2.75, 3.05) is 11.6 Å². The van der Waals surface area contributed by atoms with Crippen molar-refractivity contribution < 1.29 is 9.72 Å². The van der Waals surface area contributed by atoms with Crippen LogP contribution in [0, 0.1) is 21.4 Å². The molecule has 0 radical (unpaired) electrons. The largest absolute Gasteiger partial charge is 0.398 e. The molecule has 82 valence electrons. The van der Waals surface area contributed by atoms with Gasteiger partial charge in [0.1, 0.15) is 11.6 Å². The number of carbonyl (C=O) groups excluding carboxylic acids is 1. The van der Waals surface area contributed by atoms with Gasteiger partial charge in [0.25, 0.3) is 5.69 Å². The van der Waals surface area contributed by atoms with E-state index in [0.29, 0.717) is 0 Å². The highest BCUT2D eigenvalue weighted by atomic mass is 35.5. The topological polar surface area (TPSA) is 110 Å². The third-order valence-electron chi connectivity index (χ3n) is 1.91. The third kappa shape index (κ3) is 2.10. The molecular weight excluding hydrogens is 234 g/mol. The van der Waals surface area contributed by atoms with E-state index in [-0.39, 0.29) is 22.7 Å². The van der Waals surface area contributed by atoms with Crippen LogP contribution in [0.4, 0.5) is 11.4 Å².